The second-order valence-electron chi connectivity index (χ2n) is 6.81. The maximum Gasteiger partial charge on any atom is 0.178 e. The summed E-state index contributed by atoms with van der Waals surface area (Å²) in [5, 5.41) is 9.54. The molecule has 0 unspecified atom stereocenters. The third-order valence-electron chi connectivity index (χ3n) is 3.68. The predicted molar refractivity (Wildman–Crippen MR) is 100 cm³/mol. The molecule has 0 aromatic heterocycles. The number of allylic oxidation sites excluding steroid dienone is 1. The fraction of sp³-hybridized carbons (Fsp3) is 0.238. The number of benzene rings is 2. The molecule has 0 saturated carbocycles. The van der Waals surface area contributed by atoms with E-state index in [0.717, 1.165) is 0 Å². The molecule has 0 spiro atoms. The van der Waals surface area contributed by atoms with Crippen LogP contribution in [0.15, 0.2) is 48.0 Å². The Hall–Kier alpha value is -2.64. The van der Waals surface area contributed by atoms with E-state index in [2.05, 4.69) is 0 Å². The van der Waals surface area contributed by atoms with Crippen LogP contribution in [0.3, 0.4) is 0 Å². The summed E-state index contributed by atoms with van der Waals surface area (Å²) in [6.45, 7) is 5.31. The molecule has 2 rings (SSSR count). The second-order valence-corrected chi connectivity index (χ2v) is 7.21. The molecule has 5 heteroatoms. The number of ketones is 1. The van der Waals surface area contributed by atoms with Gasteiger partial charge >= 0.3 is 0 Å². The first-order valence-corrected chi connectivity index (χ1v) is 8.42. The van der Waals surface area contributed by atoms with Crippen LogP contribution in [0.1, 0.15) is 31.9 Å². The van der Waals surface area contributed by atoms with Gasteiger partial charge in [0.2, 0.25) is 0 Å². The van der Waals surface area contributed by atoms with E-state index in [1.54, 1.807) is 57.2 Å². The van der Waals surface area contributed by atoms with Crippen molar-refractivity contribution in [2.75, 3.05) is 0 Å². The maximum atomic E-state index is 13.7. The minimum Gasteiger partial charge on any atom is -0.489 e. The highest BCUT2D eigenvalue weighted by atomic mass is 35.5. The molecule has 0 aliphatic rings. The largest absolute Gasteiger partial charge is 0.489 e. The van der Waals surface area contributed by atoms with Crippen LogP contribution in [0, 0.1) is 22.6 Å². The van der Waals surface area contributed by atoms with E-state index in [0.29, 0.717) is 21.9 Å². The Kier molecular flexibility index (Phi) is 6.18. The van der Waals surface area contributed by atoms with Gasteiger partial charge in [-0.25, -0.2) is 4.39 Å². The van der Waals surface area contributed by atoms with Gasteiger partial charge in [0.25, 0.3) is 0 Å². The number of carbonyl (C=O) groups is 1. The fourth-order valence-corrected chi connectivity index (χ4v) is 2.42. The number of ether oxygens (including phenoxy) is 1. The summed E-state index contributed by atoms with van der Waals surface area (Å²) in [6.07, 6.45) is 1.55. The topological polar surface area (TPSA) is 50.1 Å². The van der Waals surface area contributed by atoms with Gasteiger partial charge in [-0.1, -0.05) is 50.6 Å². The molecule has 3 nitrogen and oxygen atoms in total. The molecule has 0 aliphatic heterocycles. The van der Waals surface area contributed by atoms with Crippen molar-refractivity contribution in [1.29, 1.82) is 5.26 Å². The summed E-state index contributed by atoms with van der Waals surface area (Å²) >= 11 is 5.97. The molecule has 2 aromatic rings. The lowest BCUT2D eigenvalue weighted by molar-refractivity contribution is -0.121. The maximum absolute atomic E-state index is 13.7. The molecule has 0 saturated heterocycles. The highest BCUT2D eigenvalue weighted by molar-refractivity contribution is 6.31. The van der Waals surface area contributed by atoms with Crippen LogP contribution in [0.5, 0.6) is 5.75 Å². The van der Waals surface area contributed by atoms with Gasteiger partial charge in [0, 0.05) is 11.0 Å². The highest BCUT2D eigenvalue weighted by Gasteiger charge is 2.24. The molecule has 0 fully saturated rings. The van der Waals surface area contributed by atoms with Crippen molar-refractivity contribution in [2.45, 2.75) is 27.4 Å². The number of halogens is 2. The van der Waals surface area contributed by atoms with Crippen molar-refractivity contribution in [3.8, 4) is 11.8 Å². The van der Waals surface area contributed by atoms with Gasteiger partial charge < -0.3 is 4.74 Å². The quantitative estimate of drug-likeness (QED) is 0.509. The number of nitrogens with zero attached hydrogens (tertiary/aromatic N) is 1. The molecule has 0 aliphatic carbocycles. The van der Waals surface area contributed by atoms with Crippen LogP contribution in [-0.4, -0.2) is 5.78 Å². The van der Waals surface area contributed by atoms with E-state index in [4.69, 9.17) is 16.3 Å². The van der Waals surface area contributed by atoms with Crippen molar-refractivity contribution in [3.63, 3.8) is 0 Å². The molecule has 26 heavy (non-hydrogen) atoms. The molecular weight excluding hydrogens is 353 g/mol. The van der Waals surface area contributed by atoms with Gasteiger partial charge in [-0.15, -0.1) is 0 Å². The van der Waals surface area contributed by atoms with Gasteiger partial charge in [0.05, 0.1) is 10.6 Å². The van der Waals surface area contributed by atoms with E-state index < -0.39 is 11.2 Å². The smallest absolute Gasteiger partial charge is 0.178 e. The molecule has 0 N–H and O–H groups in total. The van der Waals surface area contributed by atoms with Crippen LogP contribution in [0.25, 0.3) is 6.08 Å². The molecule has 0 heterocycles. The zero-order chi connectivity index (χ0) is 19.3. The van der Waals surface area contributed by atoms with Crippen LogP contribution >= 0.6 is 11.6 Å². The van der Waals surface area contributed by atoms with E-state index in [-0.39, 0.29) is 18.0 Å². The zero-order valence-electron chi connectivity index (χ0n) is 14.8. The minimum atomic E-state index is -0.621. The Balaban J connectivity index is 2.12. The number of nitriles is 1. The summed E-state index contributed by atoms with van der Waals surface area (Å²) in [4.78, 5) is 12.2. The average Bonchev–Trinajstić information content (AvgIpc) is 2.59. The number of hydrogen-bond acceptors (Lipinski definition) is 3. The van der Waals surface area contributed by atoms with E-state index >= 15 is 0 Å². The minimum absolute atomic E-state index is 0.00660. The van der Waals surface area contributed by atoms with Crippen molar-refractivity contribution in [2.24, 2.45) is 5.41 Å². The number of Topliss-reactive ketones (excluding diaryl/α,β-unsaturated/α-hetero) is 1. The molecule has 134 valence electrons. The van der Waals surface area contributed by atoms with Gasteiger partial charge in [-0.05, 0) is 35.9 Å². The second kappa shape index (κ2) is 8.16. The highest BCUT2D eigenvalue weighted by Crippen LogP contribution is 2.24. The van der Waals surface area contributed by atoms with Crippen LogP contribution in [-0.2, 0) is 11.4 Å². The normalized spacial score (nSPS) is 11.8. The van der Waals surface area contributed by atoms with Crippen LogP contribution < -0.4 is 4.74 Å². The number of rotatable bonds is 5. The SMILES string of the molecule is CC(C)(C)C(=O)/C(C#N)=C/c1ccc(OCc2c(F)cccc2Cl)cc1. The lowest BCUT2D eigenvalue weighted by atomic mass is 9.86. The van der Waals surface area contributed by atoms with Crippen LogP contribution in [0.2, 0.25) is 5.02 Å². The van der Waals surface area contributed by atoms with Gasteiger partial charge in [-0.3, -0.25) is 4.79 Å². The molecule has 2 aromatic carbocycles. The zero-order valence-corrected chi connectivity index (χ0v) is 15.6. The number of hydrogen-bond donors (Lipinski definition) is 0. The van der Waals surface area contributed by atoms with Crippen molar-refractivity contribution in [1.82, 2.24) is 0 Å². The summed E-state index contributed by atoms with van der Waals surface area (Å²) in [7, 11) is 0. The molecule has 0 atom stereocenters. The first kappa shape index (κ1) is 19.7. The van der Waals surface area contributed by atoms with E-state index in [1.807, 2.05) is 6.07 Å². The van der Waals surface area contributed by atoms with Crippen LogP contribution in [0.4, 0.5) is 4.39 Å². The summed E-state index contributed by atoms with van der Waals surface area (Å²) in [6, 6.07) is 13.3. The van der Waals surface area contributed by atoms with E-state index in [1.165, 1.54) is 12.1 Å². The summed E-state index contributed by atoms with van der Waals surface area (Å²) in [5.74, 6) is -0.104. The Morgan fingerprint density at radius 3 is 2.42 bits per heavy atom. The Labute approximate surface area is 157 Å². The number of carbonyl (C=O) groups excluding carboxylic acids is 1. The lowest BCUT2D eigenvalue weighted by Crippen LogP contribution is -2.21. The van der Waals surface area contributed by atoms with Crippen molar-refractivity contribution in [3.05, 3.63) is 70.0 Å². The Bertz CT molecular complexity index is 854. The van der Waals surface area contributed by atoms with Crippen molar-refractivity contribution >= 4 is 23.5 Å². The Morgan fingerprint density at radius 2 is 1.88 bits per heavy atom. The summed E-state index contributed by atoms with van der Waals surface area (Å²) < 4.78 is 19.3. The summed E-state index contributed by atoms with van der Waals surface area (Å²) in [5.41, 5.74) is 0.476. The van der Waals surface area contributed by atoms with Gasteiger partial charge in [-0.2, -0.15) is 5.26 Å². The molecule has 0 radical (unpaired) electrons. The fourth-order valence-electron chi connectivity index (χ4n) is 2.21. The standard InChI is InChI=1S/C21H19ClFNO2/c1-21(2,3)20(25)15(12-24)11-14-7-9-16(10-8-14)26-13-17-18(22)5-4-6-19(17)23/h4-11H,13H2,1-3H3/b15-11+. The third-order valence-corrected chi connectivity index (χ3v) is 4.04. The molecule has 0 bridgehead atoms. The van der Waals surface area contributed by atoms with Gasteiger partial charge in [0.1, 0.15) is 24.2 Å². The van der Waals surface area contributed by atoms with Crippen molar-refractivity contribution < 1.29 is 13.9 Å². The molecule has 0 amide bonds. The molecular formula is C21H19ClFNO2. The Morgan fingerprint density at radius 1 is 1.23 bits per heavy atom. The predicted octanol–water partition coefficient (Wildman–Crippen LogP) is 5.58. The lowest BCUT2D eigenvalue weighted by Gasteiger charge is -2.15. The third kappa shape index (κ3) is 4.93. The monoisotopic (exact) mass is 371 g/mol. The first-order chi connectivity index (χ1) is 12.2. The first-order valence-electron chi connectivity index (χ1n) is 8.04. The van der Waals surface area contributed by atoms with E-state index in [9.17, 15) is 14.4 Å². The average molecular weight is 372 g/mol. The van der Waals surface area contributed by atoms with Gasteiger partial charge in [0.15, 0.2) is 5.78 Å².